The van der Waals surface area contributed by atoms with Crippen molar-refractivity contribution in [2.45, 2.75) is 56.7 Å². The molecule has 0 aliphatic carbocycles. The van der Waals surface area contributed by atoms with Crippen LogP contribution in [-0.4, -0.2) is 58.4 Å². The molecular formula is C45H39FN8O2. The van der Waals surface area contributed by atoms with Crippen LogP contribution in [0.1, 0.15) is 60.5 Å². The fourth-order valence-electron chi connectivity index (χ4n) is 8.30. The first-order valence-electron chi connectivity index (χ1n) is 19.3. The normalized spacial score (nSPS) is 17.7. The molecular weight excluding hydrogens is 704 g/mol. The van der Waals surface area contributed by atoms with Gasteiger partial charge in [-0.2, -0.15) is 4.39 Å². The number of hydrogen-bond donors (Lipinski definition) is 0. The van der Waals surface area contributed by atoms with Crippen LogP contribution in [0.4, 0.5) is 4.39 Å². The summed E-state index contributed by atoms with van der Waals surface area (Å²) in [6, 6.07) is 36.7. The average Bonchev–Trinajstić information content (AvgIpc) is 4.03. The Balaban J connectivity index is 0.000000140. The zero-order valence-corrected chi connectivity index (χ0v) is 30.7. The molecule has 1 fully saturated rings. The molecule has 3 aliphatic rings. The Morgan fingerprint density at radius 3 is 1.66 bits per heavy atom. The standard InChI is InChI=1S/C25H24N4O2.C20H15FN4/c1-2-4-17(5-3-1)22-8-9-23-27-21-7-6-20(28-25(21)29(22)23)18-10-13-26-24(16-18)31-19-11-14-30-15-12-19;21-18-12-14(10-11-22-18)15-6-7-16-20(24-15)25-17(8-9-19(25)23-16)13-4-2-1-3-5-13/h1-7,10,13,16,19,22H,8-9,11-12,14-15H2;1-7,10-12,17H,8-9H2/t22-;17-/m11/s1. The fraction of sp³-hybridized carbons (Fsp3) is 0.244. The molecule has 0 spiro atoms. The highest BCUT2D eigenvalue weighted by atomic mass is 19.1. The van der Waals surface area contributed by atoms with Crippen molar-refractivity contribution in [3.05, 3.63) is 150 Å². The summed E-state index contributed by atoms with van der Waals surface area (Å²) in [6.45, 7) is 1.50. The maximum Gasteiger partial charge on any atom is 0.214 e. The number of imidazole rings is 2. The lowest BCUT2D eigenvalue weighted by molar-refractivity contribution is 0.0237. The summed E-state index contributed by atoms with van der Waals surface area (Å²) in [4.78, 5) is 27.5. The SMILES string of the molecule is Fc1cc(-c2ccc3nc4n(c3n2)[C@@H](c2ccccc2)CC4)ccn1.c1ccc([C@H]2CCc3nc4ccc(-c5ccnc(OC6CCOCC6)c5)nc4n32)cc1. The van der Waals surface area contributed by atoms with Crippen molar-refractivity contribution in [1.29, 1.82) is 0 Å². The van der Waals surface area contributed by atoms with Crippen molar-refractivity contribution in [2.75, 3.05) is 13.2 Å². The van der Waals surface area contributed by atoms with Crippen molar-refractivity contribution in [3.8, 4) is 28.4 Å². The Hall–Kier alpha value is -6.33. The van der Waals surface area contributed by atoms with Gasteiger partial charge in [-0.1, -0.05) is 60.7 Å². The minimum atomic E-state index is -0.500. The second-order valence-electron chi connectivity index (χ2n) is 14.5. The Kier molecular flexibility index (Phi) is 8.99. The number of aryl methyl sites for hydroxylation is 2. The lowest BCUT2D eigenvalue weighted by Crippen LogP contribution is -2.26. The van der Waals surface area contributed by atoms with Gasteiger partial charge in [0.05, 0.1) is 36.7 Å². The third kappa shape index (κ3) is 6.57. The van der Waals surface area contributed by atoms with Gasteiger partial charge in [0.2, 0.25) is 11.8 Å². The molecule has 0 bridgehead atoms. The van der Waals surface area contributed by atoms with E-state index in [1.807, 2.05) is 36.4 Å². The summed E-state index contributed by atoms with van der Waals surface area (Å²) in [6.07, 6.45) is 9.23. The Bertz CT molecular complexity index is 2660. The van der Waals surface area contributed by atoms with Gasteiger partial charge in [-0.05, 0) is 60.4 Å². The molecule has 6 aromatic heterocycles. The van der Waals surface area contributed by atoms with Crippen LogP contribution in [0.15, 0.2) is 122 Å². The Morgan fingerprint density at radius 1 is 0.571 bits per heavy atom. The molecule has 9 heterocycles. The molecule has 3 aliphatic heterocycles. The summed E-state index contributed by atoms with van der Waals surface area (Å²) >= 11 is 0. The first kappa shape index (κ1) is 34.2. The molecule has 0 radical (unpaired) electrons. The predicted molar refractivity (Wildman–Crippen MR) is 212 cm³/mol. The molecule has 0 amide bonds. The van der Waals surface area contributed by atoms with E-state index in [1.54, 1.807) is 12.3 Å². The summed E-state index contributed by atoms with van der Waals surface area (Å²) in [5.41, 5.74) is 9.58. The van der Waals surface area contributed by atoms with Gasteiger partial charge in [0.1, 0.15) is 28.8 Å². The zero-order chi connectivity index (χ0) is 37.4. The number of hydrogen-bond acceptors (Lipinski definition) is 8. The van der Waals surface area contributed by atoms with Crippen LogP contribution >= 0.6 is 0 Å². The van der Waals surface area contributed by atoms with E-state index in [0.717, 1.165) is 108 Å². The number of benzene rings is 2. The molecule has 56 heavy (non-hydrogen) atoms. The quantitative estimate of drug-likeness (QED) is 0.156. The molecule has 8 aromatic rings. The van der Waals surface area contributed by atoms with Crippen LogP contribution in [0, 0.1) is 5.95 Å². The van der Waals surface area contributed by atoms with Crippen LogP contribution in [0.5, 0.6) is 5.88 Å². The summed E-state index contributed by atoms with van der Waals surface area (Å²) in [5, 5.41) is 0. The van der Waals surface area contributed by atoms with Gasteiger partial charge in [-0.15, -0.1) is 0 Å². The minimum absolute atomic E-state index is 0.164. The molecule has 10 nitrogen and oxygen atoms in total. The third-order valence-electron chi connectivity index (χ3n) is 11.0. The molecule has 1 saturated heterocycles. The second kappa shape index (κ2) is 14.7. The van der Waals surface area contributed by atoms with Gasteiger partial charge in [0, 0.05) is 61.3 Å². The number of fused-ring (bicyclic) bond motifs is 6. The third-order valence-corrected chi connectivity index (χ3v) is 11.0. The van der Waals surface area contributed by atoms with Gasteiger partial charge in [0.15, 0.2) is 11.3 Å². The highest BCUT2D eigenvalue weighted by Gasteiger charge is 2.29. The van der Waals surface area contributed by atoms with Gasteiger partial charge >= 0.3 is 0 Å². The summed E-state index contributed by atoms with van der Waals surface area (Å²) in [7, 11) is 0. The minimum Gasteiger partial charge on any atom is -0.474 e. The smallest absolute Gasteiger partial charge is 0.214 e. The average molecular weight is 743 g/mol. The molecule has 11 heteroatoms. The van der Waals surface area contributed by atoms with Crippen molar-refractivity contribution < 1.29 is 13.9 Å². The zero-order valence-electron chi connectivity index (χ0n) is 30.7. The van der Waals surface area contributed by atoms with Crippen molar-refractivity contribution in [1.82, 2.24) is 39.0 Å². The molecule has 0 unspecified atom stereocenters. The molecule has 2 atom stereocenters. The molecule has 2 aromatic carbocycles. The largest absolute Gasteiger partial charge is 0.474 e. The maximum atomic E-state index is 13.5. The van der Waals surface area contributed by atoms with Gasteiger partial charge < -0.3 is 18.6 Å². The molecule has 11 rings (SSSR count). The number of rotatable bonds is 6. The maximum absolute atomic E-state index is 13.5. The first-order chi connectivity index (χ1) is 27.6. The van der Waals surface area contributed by atoms with E-state index in [0.29, 0.717) is 5.88 Å². The van der Waals surface area contributed by atoms with Gasteiger partial charge in [0.25, 0.3) is 0 Å². The number of aromatic nitrogens is 8. The van der Waals surface area contributed by atoms with Crippen LogP contribution in [0.2, 0.25) is 0 Å². The van der Waals surface area contributed by atoms with Crippen LogP contribution < -0.4 is 4.74 Å². The molecule has 278 valence electrons. The van der Waals surface area contributed by atoms with Crippen LogP contribution in [0.3, 0.4) is 0 Å². The van der Waals surface area contributed by atoms with Crippen molar-refractivity contribution in [3.63, 3.8) is 0 Å². The Labute approximate surface area is 323 Å². The fourth-order valence-corrected chi connectivity index (χ4v) is 8.30. The monoisotopic (exact) mass is 742 g/mol. The number of halogens is 1. The molecule has 0 N–H and O–H groups in total. The number of nitrogens with zero attached hydrogens (tertiary/aromatic N) is 8. The first-order valence-corrected chi connectivity index (χ1v) is 19.3. The van der Waals surface area contributed by atoms with E-state index in [2.05, 4.69) is 79.8 Å². The summed E-state index contributed by atoms with van der Waals surface area (Å²) < 4.78 is 29.5. The highest BCUT2D eigenvalue weighted by molar-refractivity contribution is 5.78. The van der Waals surface area contributed by atoms with Crippen LogP contribution in [-0.2, 0) is 17.6 Å². The van der Waals surface area contributed by atoms with Crippen molar-refractivity contribution >= 4 is 22.3 Å². The number of ether oxygens (including phenoxy) is 2. The van der Waals surface area contributed by atoms with E-state index in [-0.39, 0.29) is 18.2 Å². The molecule has 0 saturated carbocycles. The van der Waals surface area contributed by atoms with E-state index in [9.17, 15) is 4.39 Å². The predicted octanol–water partition coefficient (Wildman–Crippen LogP) is 8.75. The number of pyridine rings is 4. The van der Waals surface area contributed by atoms with E-state index in [1.165, 1.54) is 23.4 Å². The van der Waals surface area contributed by atoms with Gasteiger partial charge in [-0.25, -0.2) is 29.9 Å². The lowest BCUT2D eigenvalue weighted by Gasteiger charge is -2.22. The van der Waals surface area contributed by atoms with E-state index >= 15 is 0 Å². The van der Waals surface area contributed by atoms with Crippen LogP contribution in [0.25, 0.3) is 44.8 Å². The topological polar surface area (TPSA) is 106 Å². The summed E-state index contributed by atoms with van der Waals surface area (Å²) in [5.74, 6) is 2.33. The second-order valence-corrected chi connectivity index (χ2v) is 14.5. The highest BCUT2D eigenvalue weighted by Crippen LogP contribution is 2.37. The van der Waals surface area contributed by atoms with E-state index in [4.69, 9.17) is 29.4 Å². The lowest BCUT2D eigenvalue weighted by atomic mass is 10.0. The van der Waals surface area contributed by atoms with Gasteiger partial charge in [-0.3, -0.25) is 0 Å². The van der Waals surface area contributed by atoms with Crippen molar-refractivity contribution in [2.24, 2.45) is 0 Å². The van der Waals surface area contributed by atoms with E-state index < -0.39 is 5.95 Å². The Morgan fingerprint density at radius 2 is 1.11 bits per heavy atom.